The van der Waals surface area contributed by atoms with Crippen LogP contribution >= 0.6 is 0 Å². The van der Waals surface area contributed by atoms with Gasteiger partial charge in [-0.3, -0.25) is 0 Å². The van der Waals surface area contributed by atoms with E-state index in [1.807, 2.05) is 0 Å². The van der Waals surface area contributed by atoms with Gasteiger partial charge in [-0.05, 0) is 72.1 Å². The van der Waals surface area contributed by atoms with Crippen molar-refractivity contribution in [3.8, 4) is 0 Å². The van der Waals surface area contributed by atoms with Gasteiger partial charge in [-0.25, -0.2) is 21.9 Å². The van der Waals surface area contributed by atoms with Gasteiger partial charge in [0.25, 0.3) is 0 Å². The predicted molar refractivity (Wildman–Crippen MR) is 110 cm³/mol. The number of nitrogens with zero attached hydrogens (tertiary/aromatic N) is 5. The minimum Gasteiger partial charge on any atom is -0.303 e. The lowest BCUT2D eigenvalue weighted by Gasteiger charge is -2.31. The molecule has 0 bridgehead atoms. The molecule has 10 heteroatoms. The molecule has 3 aromatic rings. The lowest BCUT2D eigenvalue weighted by molar-refractivity contribution is 0.232. The van der Waals surface area contributed by atoms with E-state index in [0.717, 1.165) is 11.6 Å². The molecule has 4 rings (SSSR count). The van der Waals surface area contributed by atoms with Crippen molar-refractivity contribution in [1.82, 2.24) is 25.1 Å². The molecule has 7 nitrogen and oxygen atoms in total. The standard InChI is InChI=1S/C21H23F2N5O2S/c22-18-4-3-17(21(23)13-18)7-10-27-11-8-20(9-12-27)31(29,30)19-5-1-16(2-6-19)14-28-15-24-25-26-28/h1-6,13,15,20H,7-12,14H2. The van der Waals surface area contributed by atoms with Crippen molar-refractivity contribution in [2.75, 3.05) is 19.6 Å². The summed E-state index contributed by atoms with van der Waals surface area (Å²) in [6.45, 7) is 2.34. The minimum absolute atomic E-state index is 0.319. The quantitative estimate of drug-likeness (QED) is 0.554. The van der Waals surface area contributed by atoms with Crippen LogP contribution in [-0.2, 0) is 22.8 Å². The zero-order valence-corrected chi connectivity index (χ0v) is 17.7. The Bertz CT molecular complexity index is 1110. The number of tetrazole rings is 1. The fraction of sp³-hybridized carbons (Fsp3) is 0.381. The number of hydrogen-bond donors (Lipinski definition) is 0. The molecule has 1 aliphatic heterocycles. The highest BCUT2D eigenvalue weighted by Gasteiger charge is 2.31. The third-order valence-corrected chi connectivity index (χ3v) is 7.95. The maximum atomic E-state index is 13.8. The third-order valence-electron chi connectivity index (χ3n) is 5.67. The number of piperidine rings is 1. The van der Waals surface area contributed by atoms with Crippen LogP contribution in [0.5, 0.6) is 0 Å². The summed E-state index contributed by atoms with van der Waals surface area (Å²) in [4.78, 5) is 2.45. The Hall–Kier alpha value is -2.72. The fourth-order valence-corrected chi connectivity index (χ4v) is 5.59. The summed E-state index contributed by atoms with van der Waals surface area (Å²) < 4.78 is 54.5. The van der Waals surface area contributed by atoms with Crippen LogP contribution in [0.15, 0.2) is 53.7 Å². The van der Waals surface area contributed by atoms with Gasteiger partial charge in [0.1, 0.15) is 18.0 Å². The largest absolute Gasteiger partial charge is 0.303 e. The highest BCUT2D eigenvalue weighted by Crippen LogP contribution is 2.25. The molecule has 0 amide bonds. The van der Waals surface area contributed by atoms with Crippen LogP contribution in [0.25, 0.3) is 0 Å². The second-order valence-electron chi connectivity index (χ2n) is 7.72. The second kappa shape index (κ2) is 9.19. The molecular formula is C21H23F2N5O2S. The third kappa shape index (κ3) is 5.13. The Morgan fingerprint density at radius 2 is 1.77 bits per heavy atom. The van der Waals surface area contributed by atoms with Gasteiger partial charge < -0.3 is 4.90 Å². The molecule has 2 heterocycles. The van der Waals surface area contributed by atoms with Crippen molar-refractivity contribution >= 4 is 9.84 Å². The van der Waals surface area contributed by atoms with Gasteiger partial charge in [0.15, 0.2) is 9.84 Å². The summed E-state index contributed by atoms with van der Waals surface area (Å²) in [5.41, 5.74) is 1.38. The van der Waals surface area contributed by atoms with Crippen molar-refractivity contribution < 1.29 is 17.2 Å². The van der Waals surface area contributed by atoms with Crippen LogP contribution in [0.2, 0.25) is 0 Å². The van der Waals surface area contributed by atoms with E-state index in [-0.39, 0.29) is 0 Å². The first-order valence-electron chi connectivity index (χ1n) is 10.1. The summed E-state index contributed by atoms with van der Waals surface area (Å²) >= 11 is 0. The average Bonchev–Trinajstić information content (AvgIpc) is 3.27. The van der Waals surface area contributed by atoms with E-state index in [2.05, 4.69) is 20.4 Å². The molecule has 0 unspecified atom stereocenters. The van der Waals surface area contributed by atoms with Crippen LogP contribution in [0.3, 0.4) is 0 Å². The highest BCUT2D eigenvalue weighted by atomic mass is 32.2. The maximum absolute atomic E-state index is 13.8. The van der Waals surface area contributed by atoms with Crippen molar-refractivity contribution in [1.29, 1.82) is 0 Å². The van der Waals surface area contributed by atoms with Crippen LogP contribution in [0.4, 0.5) is 8.78 Å². The Morgan fingerprint density at radius 1 is 1.03 bits per heavy atom. The lowest BCUT2D eigenvalue weighted by Crippen LogP contribution is -2.40. The molecule has 0 atom stereocenters. The monoisotopic (exact) mass is 447 g/mol. The Balaban J connectivity index is 1.32. The van der Waals surface area contributed by atoms with Gasteiger partial charge in [-0.1, -0.05) is 18.2 Å². The van der Waals surface area contributed by atoms with Gasteiger partial charge in [-0.15, -0.1) is 5.10 Å². The Kier molecular flexibility index (Phi) is 6.38. The van der Waals surface area contributed by atoms with Crippen LogP contribution in [0.1, 0.15) is 24.0 Å². The summed E-state index contributed by atoms with van der Waals surface area (Å²) in [5, 5.41) is 10.5. The fourth-order valence-electron chi connectivity index (χ4n) is 3.86. The number of benzene rings is 2. The predicted octanol–water partition coefficient (Wildman–Crippen LogP) is 2.48. The summed E-state index contributed by atoms with van der Waals surface area (Å²) in [6.07, 6.45) is 3.02. The Morgan fingerprint density at radius 3 is 2.42 bits per heavy atom. The number of hydrogen-bond acceptors (Lipinski definition) is 6. The summed E-state index contributed by atoms with van der Waals surface area (Å²) in [7, 11) is -3.42. The Labute approximate surface area is 179 Å². The second-order valence-corrected chi connectivity index (χ2v) is 9.95. The van der Waals surface area contributed by atoms with E-state index in [1.165, 1.54) is 18.5 Å². The number of sulfone groups is 1. The first kappa shape index (κ1) is 21.5. The lowest BCUT2D eigenvalue weighted by atomic mass is 10.1. The first-order chi connectivity index (χ1) is 14.9. The molecule has 0 N–H and O–H groups in total. The van der Waals surface area contributed by atoms with E-state index in [9.17, 15) is 17.2 Å². The van der Waals surface area contributed by atoms with Crippen LogP contribution < -0.4 is 0 Å². The number of aromatic nitrogens is 4. The molecule has 0 aliphatic carbocycles. The zero-order valence-electron chi connectivity index (χ0n) is 16.9. The molecular weight excluding hydrogens is 424 g/mol. The summed E-state index contributed by atoms with van der Waals surface area (Å²) in [6, 6.07) is 10.4. The van der Waals surface area contributed by atoms with Crippen LogP contribution in [-0.4, -0.2) is 58.4 Å². The van der Waals surface area contributed by atoms with E-state index in [1.54, 1.807) is 28.9 Å². The van der Waals surface area contributed by atoms with E-state index >= 15 is 0 Å². The molecule has 164 valence electrons. The smallest absolute Gasteiger partial charge is 0.181 e. The van der Waals surface area contributed by atoms with Crippen molar-refractivity contribution in [3.63, 3.8) is 0 Å². The molecule has 1 aromatic heterocycles. The number of likely N-dealkylation sites (tertiary alicyclic amines) is 1. The van der Waals surface area contributed by atoms with Gasteiger partial charge in [0.05, 0.1) is 16.7 Å². The van der Waals surface area contributed by atoms with E-state index in [4.69, 9.17) is 0 Å². The normalized spacial score (nSPS) is 15.9. The molecule has 0 saturated carbocycles. The zero-order chi connectivity index (χ0) is 21.8. The first-order valence-corrected chi connectivity index (χ1v) is 11.7. The van der Waals surface area contributed by atoms with Gasteiger partial charge in [-0.2, -0.15) is 0 Å². The SMILES string of the molecule is O=S(=O)(c1ccc(Cn2cnnn2)cc1)C1CCN(CCc2ccc(F)cc2F)CC1. The summed E-state index contributed by atoms with van der Waals surface area (Å²) in [5.74, 6) is -1.13. The molecule has 2 aromatic carbocycles. The molecule has 0 radical (unpaired) electrons. The number of rotatable bonds is 7. The van der Waals surface area contributed by atoms with E-state index < -0.39 is 26.7 Å². The van der Waals surface area contributed by atoms with Crippen LogP contribution in [0, 0.1) is 11.6 Å². The average molecular weight is 448 g/mol. The maximum Gasteiger partial charge on any atom is 0.181 e. The van der Waals surface area contributed by atoms with Gasteiger partial charge in [0, 0.05) is 12.6 Å². The molecule has 1 saturated heterocycles. The van der Waals surface area contributed by atoms with Crippen molar-refractivity contribution in [2.45, 2.75) is 36.0 Å². The van der Waals surface area contributed by atoms with Gasteiger partial charge >= 0.3 is 0 Å². The highest BCUT2D eigenvalue weighted by molar-refractivity contribution is 7.92. The molecule has 1 fully saturated rings. The van der Waals surface area contributed by atoms with Crippen molar-refractivity contribution in [3.05, 3.63) is 71.6 Å². The molecule has 1 aliphatic rings. The molecule has 0 spiro atoms. The molecule has 31 heavy (non-hydrogen) atoms. The van der Waals surface area contributed by atoms with E-state index in [0.29, 0.717) is 55.9 Å². The minimum atomic E-state index is -3.42. The number of halogens is 2. The van der Waals surface area contributed by atoms with Crippen molar-refractivity contribution in [2.24, 2.45) is 0 Å². The van der Waals surface area contributed by atoms with Gasteiger partial charge in [0.2, 0.25) is 0 Å². The topological polar surface area (TPSA) is 81.0 Å².